The number of hydrogen-bond donors (Lipinski definition) is 1. The van der Waals surface area contributed by atoms with Crippen LogP contribution in [0.3, 0.4) is 0 Å². The van der Waals surface area contributed by atoms with Crippen molar-refractivity contribution < 1.29 is 8.42 Å². The molecule has 0 aliphatic heterocycles. The van der Waals surface area contributed by atoms with Crippen LogP contribution >= 0.6 is 11.3 Å². The molecule has 1 heterocycles. The van der Waals surface area contributed by atoms with Crippen LogP contribution in [0, 0.1) is 6.92 Å². The summed E-state index contributed by atoms with van der Waals surface area (Å²) in [7, 11) is -3.34. The van der Waals surface area contributed by atoms with Crippen molar-refractivity contribution in [1.29, 1.82) is 0 Å². The van der Waals surface area contributed by atoms with Crippen molar-refractivity contribution in [2.24, 2.45) is 0 Å². The molecule has 4 nitrogen and oxygen atoms in total. The monoisotopic (exact) mass is 332 g/mol. The summed E-state index contributed by atoms with van der Waals surface area (Å²) < 4.78 is 27.4. The molecule has 21 heavy (non-hydrogen) atoms. The van der Waals surface area contributed by atoms with E-state index in [2.05, 4.69) is 26.1 Å². The molecule has 1 aromatic rings. The number of thiophene rings is 1. The van der Waals surface area contributed by atoms with Gasteiger partial charge in [-0.15, -0.1) is 11.3 Å². The Kier molecular flexibility index (Phi) is 7.33. The Morgan fingerprint density at radius 3 is 2.52 bits per heavy atom. The molecule has 1 N–H and O–H groups in total. The molecule has 122 valence electrons. The van der Waals surface area contributed by atoms with Gasteiger partial charge in [0.05, 0.1) is 0 Å². The second kappa shape index (κ2) is 8.27. The van der Waals surface area contributed by atoms with Gasteiger partial charge in [0.2, 0.25) is 0 Å². The standard InChI is InChI=1S/C15H28N2O2S2/c1-6-8-9-17(7-2)21(18,19)15-10-13(5)14(20-15)11-16-12(3)4/h10,12,16H,6-9,11H2,1-5H3. The van der Waals surface area contributed by atoms with Crippen LogP contribution < -0.4 is 5.32 Å². The third kappa shape index (κ3) is 5.06. The van der Waals surface area contributed by atoms with Gasteiger partial charge in [-0.25, -0.2) is 8.42 Å². The molecule has 0 aliphatic rings. The van der Waals surface area contributed by atoms with E-state index in [0.717, 1.165) is 29.8 Å². The van der Waals surface area contributed by atoms with Crippen LogP contribution in [0.5, 0.6) is 0 Å². The summed E-state index contributed by atoms with van der Waals surface area (Å²) in [6, 6.07) is 2.20. The first-order chi connectivity index (χ1) is 9.82. The van der Waals surface area contributed by atoms with Crippen molar-refractivity contribution in [3.8, 4) is 0 Å². The number of aryl methyl sites for hydroxylation is 1. The zero-order chi connectivity index (χ0) is 16.0. The largest absolute Gasteiger partial charge is 0.310 e. The zero-order valence-corrected chi connectivity index (χ0v) is 15.4. The van der Waals surface area contributed by atoms with E-state index in [0.29, 0.717) is 23.3 Å². The molecule has 0 saturated carbocycles. The summed E-state index contributed by atoms with van der Waals surface area (Å²) in [6.07, 6.45) is 1.90. The second-order valence-electron chi connectivity index (χ2n) is 5.56. The van der Waals surface area contributed by atoms with Gasteiger partial charge >= 0.3 is 0 Å². The van der Waals surface area contributed by atoms with Gasteiger partial charge in [0.25, 0.3) is 10.0 Å². The van der Waals surface area contributed by atoms with Crippen LogP contribution in [0.2, 0.25) is 0 Å². The average Bonchev–Trinajstić information content (AvgIpc) is 2.79. The second-order valence-corrected chi connectivity index (χ2v) is 8.86. The average molecular weight is 333 g/mol. The van der Waals surface area contributed by atoms with Gasteiger partial charge < -0.3 is 5.32 Å². The van der Waals surface area contributed by atoms with Gasteiger partial charge in [-0.3, -0.25) is 0 Å². The number of unbranched alkanes of at least 4 members (excludes halogenated alkanes) is 1. The van der Waals surface area contributed by atoms with E-state index in [9.17, 15) is 8.42 Å². The predicted octanol–water partition coefficient (Wildman–Crippen LogP) is 3.37. The molecule has 0 fully saturated rings. The third-order valence-corrected chi connectivity index (χ3v) is 7.04. The van der Waals surface area contributed by atoms with Gasteiger partial charge in [0.1, 0.15) is 4.21 Å². The molecule has 6 heteroatoms. The molecular weight excluding hydrogens is 304 g/mol. The summed E-state index contributed by atoms with van der Waals surface area (Å²) in [5, 5.41) is 3.35. The fourth-order valence-corrected chi connectivity index (χ4v) is 5.18. The van der Waals surface area contributed by atoms with Crippen LogP contribution in [0.4, 0.5) is 0 Å². The van der Waals surface area contributed by atoms with Gasteiger partial charge in [-0.2, -0.15) is 4.31 Å². The maximum absolute atomic E-state index is 12.7. The van der Waals surface area contributed by atoms with Crippen LogP contribution in [-0.4, -0.2) is 31.9 Å². The van der Waals surface area contributed by atoms with E-state index in [-0.39, 0.29) is 0 Å². The number of hydrogen-bond acceptors (Lipinski definition) is 4. The summed E-state index contributed by atoms with van der Waals surface area (Å²) in [6.45, 7) is 12.0. The first-order valence-corrected chi connectivity index (χ1v) is 9.91. The van der Waals surface area contributed by atoms with E-state index in [1.165, 1.54) is 11.3 Å². The first kappa shape index (κ1) is 18.6. The van der Waals surface area contributed by atoms with Gasteiger partial charge in [0.15, 0.2) is 0 Å². The molecule has 1 rings (SSSR count). The van der Waals surface area contributed by atoms with Crippen molar-refractivity contribution in [2.75, 3.05) is 13.1 Å². The van der Waals surface area contributed by atoms with Crippen molar-refractivity contribution >= 4 is 21.4 Å². The van der Waals surface area contributed by atoms with Crippen LogP contribution in [0.1, 0.15) is 51.0 Å². The SMILES string of the molecule is CCCCN(CC)S(=O)(=O)c1cc(C)c(CNC(C)C)s1. The van der Waals surface area contributed by atoms with E-state index >= 15 is 0 Å². The van der Waals surface area contributed by atoms with Crippen molar-refractivity contribution in [2.45, 2.75) is 64.3 Å². The molecule has 0 spiro atoms. The van der Waals surface area contributed by atoms with Gasteiger partial charge in [-0.05, 0) is 25.0 Å². The molecule has 0 aliphatic carbocycles. The van der Waals surface area contributed by atoms with E-state index in [1.807, 2.05) is 19.9 Å². The number of sulfonamides is 1. The Morgan fingerprint density at radius 2 is 2.00 bits per heavy atom. The molecule has 0 bridgehead atoms. The Morgan fingerprint density at radius 1 is 1.33 bits per heavy atom. The van der Waals surface area contributed by atoms with E-state index in [1.54, 1.807) is 4.31 Å². The lowest BCUT2D eigenvalue weighted by molar-refractivity contribution is 0.420. The predicted molar refractivity (Wildman–Crippen MR) is 90.4 cm³/mol. The first-order valence-electron chi connectivity index (χ1n) is 7.65. The van der Waals surface area contributed by atoms with Gasteiger partial charge in [-0.1, -0.05) is 34.1 Å². The Hall–Kier alpha value is -0.430. The maximum Gasteiger partial charge on any atom is 0.252 e. The molecule has 0 saturated heterocycles. The minimum Gasteiger partial charge on any atom is -0.310 e. The summed E-state index contributed by atoms with van der Waals surface area (Å²) in [4.78, 5) is 1.11. The summed E-state index contributed by atoms with van der Waals surface area (Å²) in [5.41, 5.74) is 1.05. The number of rotatable bonds is 9. The molecular formula is C15H28N2O2S2. The van der Waals surface area contributed by atoms with Crippen molar-refractivity contribution in [3.05, 3.63) is 16.5 Å². The molecule has 0 radical (unpaired) electrons. The highest BCUT2D eigenvalue weighted by Crippen LogP contribution is 2.28. The smallest absolute Gasteiger partial charge is 0.252 e. The Labute approximate surface area is 133 Å². The lowest BCUT2D eigenvalue weighted by Crippen LogP contribution is -2.31. The zero-order valence-electron chi connectivity index (χ0n) is 13.8. The molecule has 0 atom stereocenters. The third-order valence-electron chi connectivity index (χ3n) is 3.38. The molecule has 0 amide bonds. The summed E-state index contributed by atoms with van der Waals surface area (Å²) in [5.74, 6) is 0. The summed E-state index contributed by atoms with van der Waals surface area (Å²) >= 11 is 1.39. The van der Waals surface area contributed by atoms with Gasteiger partial charge in [0, 0.05) is 30.6 Å². The molecule has 1 aromatic heterocycles. The highest BCUT2D eigenvalue weighted by molar-refractivity contribution is 7.91. The van der Waals surface area contributed by atoms with E-state index < -0.39 is 10.0 Å². The minimum atomic E-state index is -3.34. The normalized spacial score (nSPS) is 12.5. The highest BCUT2D eigenvalue weighted by atomic mass is 32.2. The van der Waals surface area contributed by atoms with Crippen molar-refractivity contribution in [1.82, 2.24) is 9.62 Å². The van der Waals surface area contributed by atoms with Crippen molar-refractivity contribution in [3.63, 3.8) is 0 Å². The fourth-order valence-electron chi connectivity index (χ4n) is 2.00. The number of nitrogens with zero attached hydrogens (tertiary/aromatic N) is 1. The topological polar surface area (TPSA) is 49.4 Å². The highest BCUT2D eigenvalue weighted by Gasteiger charge is 2.25. The maximum atomic E-state index is 12.7. The quantitative estimate of drug-likeness (QED) is 0.754. The van der Waals surface area contributed by atoms with Crippen LogP contribution in [0.15, 0.2) is 10.3 Å². The van der Waals surface area contributed by atoms with Crippen LogP contribution in [-0.2, 0) is 16.6 Å². The lowest BCUT2D eigenvalue weighted by Gasteiger charge is -2.19. The fraction of sp³-hybridized carbons (Fsp3) is 0.733. The lowest BCUT2D eigenvalue weighted by atomic mass is 10.3. The Bertz CT molecular complexity index is 536. The number of nitrogens with one attached hydrogen (secondary N) is 1. The molecule has 0 aromatic carbocycles. The van der Waals surface area contributed by atoms with E-state index in [4.69, 9.17) is 0 Å². The minimum absolute atomic E-state index is 0.392. The van der Waals surface area contributed by atoms with Crippen LogP contribution in [0.25, 0.3) is 0 Å². The Balaban J connectivity index is 2.95. The molecule has 0 unspecified atom stereocenters.